The molecular weight excluding hydrogens is 178 g/mol. The summed E-state index contributed by atoms with van der Waals surface area (Å²) in [5.74, 6) is -0.393. The van der Waals surface area contributed by atoms with Crippen molar-refractivity contribution < 1.29 is 9.53 Å². The first kappa shape index (κ1) is 9.21. The topological polar surface area (TPSA) is 52.3 Å². The molecule has 0 saturated heterocycles. The van der Waals surface area contributed by atoms with Gasteiger partial charge < -0.3 is 10.5 Å². The normalized spacial score (nSPS) is 17.9. The number of hydrogen-bond donors (Lipinski definition) is 1. The predicted molar refractivity (Wildman–Crippen MR) is 52.8 cm³/mol. The van der Waals surface area contributed by atoms with Crippen molar-refractivity contribution in [2.75, 3.05) is 0 Å². The lowest BCUT2D eigenvalue weighted by atomic mass is 9.94. The molecule has 3 heteroatoms. The summed E-state index contributed by atoms with van der Waals surface area (Å²) in [7, 11) is 0. The molecule has 3 nitrogen and oxygen atoms in total. The van der Waals surface area contributed by atoms with Crippen molar-refractivity contribution in [3.05, 3.63) is 34.9 Å². The van der Waals surface area contributed by atoms with E-state index in [1.807, 2.05) is 26.0 Å². The minimum Gasteiger partial charge on any atom is -0.366 e. The molecule has 0 spiro atoms. The largest absolute Gasteiger partial charge is 0.366 e. The third kappa shape index (κ3) is 1.30. The van der Waals surface area contributed by atoms with E-state index in [1.54, 1.807) is 6.07 Å². The van der Waals surface area contributed by atoms with Crippen molar-refractivity contribution in [1.29, 1.82) is 0 Å². The second kappa shape index (κ2) is 2.82. The molecule has 1 aromatic rings. The Labute approximate surface area is 82.9 Å². The van der Waals surface area contributed by atoms with Gasteiger partial charge in [-0.25, -0.2) is 0 Å². The Morgan fingerprint density at radius 1 is 1.50 bits per heavy atom. The van der Waals surface area contributed by atoms with Crippen LogP contribution >= 0.6 is 0 Å². The minimum absolute atomic E-state index is 0.305. The Hall–Kier alpha value is -1.35. The maximum atomic E-state index is 11.0. The van der Waals surface area contributed by atoms with E-state index in [0.29, 0.717) is 12.2 Å². The van der Waals surface area contributed by atoms with Crippen LogP contribution < -0.4 is 5.73 Å². The van der Waals surface area contributed by atoms with Gasteiger partial charge in [0.25, 0.3) is 0 Å². The lowest BCUT2D eigenvalue weighted by Gasteiger charge is -2.18. The molecule has 2 N–H and O–H groups in total. The predicted octanol–water partition coefficient (Wildman–Crippen LogP) is 1.55. The number of benzene rings is 1. The molecule has 0 radical (unpaired) electrons. The number of hydrogen-bond acceptors (Lipinski definition) is 2. The molecule has 1 heterocycles. The highest BCUT2D eigenvalue weighted by molar-refractivity contribution is 5.93. The highest BCUT2D eigenvalue weighted by Gasteiger charge is 2.30. The van der Waals surface area contributed by atoms with Gasteiger partial charge in [0.1, 0.15) is 0 Å². The third-order valence-electron chi connectivity index (χ3n) is 2.63. The standard InChI is InChI=1S/C11H13NO2/c1-11(2)9-5-7(10(12)13)3-4-8(9)6-14-11/h3-5H,6H2,1-2H3,(H2,12,13). The van der Waals surface area contributed by atoms with Crippen LogP contribution in [0.2, 0.25) is 0 Å². The van der Waals surface area contributed by atoms with Gasteiger partial charge in [0.05, 0.1) is 12.2 Å². The number of nitrogens with two attached hydrogens (primary N) is 1. The van der Waals surface area contributed by atoms with Crippen LogP contribution in [0.3, 0.4) is 0 Å². The fraction of sp³-hybridized carbons (Fsp3) is 0.364. The number of primary amides is 1. The molecule has 1 amide bonds. The van der Waals surface area contributed by atoms with Gasteiger partial charge in [-0.2, -0.15) is 0 Å². The summed E-state index contributed by atoms with van der Waals surface area (Å²) in [6.07, 6.45) is 0. The summed E-state index contributed by atoms with van der Waals surface area (Å²) in [6.45, 7) is 4.59. The van der Waals surface area contributed by atoms with Crippen molar-refractivity contribution in [1.82, 2.24) is 0 Å². The molecule has 0 aromatic heterocycles. The van der Waals surface area contributed by atoms with Gasteiger partial charge in [0.15, 0.2) is 0 Å². The Bertz CT molecular complexity index is 396. The van der Waals surface area contributed by atoms with Crippen LogP contribution in [0.25, 0.3) is 0 Å². The van der Waals surface area contributed by atoms with Gasteiger partial charge in [-0.1, -0.05) is 6.07 Å². The first-order valence-electron chi connectivity index (χ1n) is 4.58. The highest BCUT2D eigenvalue weighted by Crippen LogP contribution is 2.35. The van der Waals surface area contributed by atoms with Crippen molar-refractivity contribution >= 4 is 5.91 Å². The number of carbonyl (C=O) groups is 1. The average molecular weight is 191 g/mol. The third-order valence-corrected chi connectivity index (χ3v) is 2.63. The molecule has 0 saturated carbocycles. The zero-order valence-electron chi connectivity index (χ0n) is 8.33. The summed E-state index contributed by atoms with van der Waals surface area (Å²) < 4.78 is 5.59. The molecule has 74 valence electrons. The van der Waals surface area contributed by atoms with Crippen LogP contribution in [0.5, 0.6) is 0 Å². The number of ether oxygens (including phenoxy) is 1. The van der Waals surface area contributed by atoms with E-state index in [4.69, 9.17) is 10.5 Å². The molecule has 0 atom stereocenters. The van der Waals surface area contributed by atoms with Crippen molar-refractivity contribution in [3.8, 4) is 0 Å². The maximum Gasteiger partial charge on any atom is 0.248 e. The Morgan fingerprint density at radius 3 is 2.86 bits per heavy atom. The number of fused-ring (bicyclic) bond motifs is 1. The summed E-state index contributed by atoms with van der Waals surface area (Å²) in [5, 5.41) is 0. The van der Waals surface area contributed by atoms with E-state index in [2.05, 4.69) is 0 Å². The van der Waals surface area contributed by atoms with Gasteiger partial charge in [0.2, 0.25) is 5.91 Å². The van der Waals surface area contributed by atoms with Gasteiger partial charge >= 0.3 is 0 Å². The molecule has 0 fully saturated rings. The average Bonchev–Trinajstić information content (AvgIpc) is 2.42. The Balaban J connectivity index is 2.53. The molecule has 0 bridgehead atoms. The quantitative estimate of drug-likeness (QED) is 0.732. The van der Waals surface area contributed by atoms with E-state index >= 15 is 0 Å². The van der Waals surface area contributed by atoms with Gasteiger partial charge in [-0.05, 0) is 37.1 Å². The van der Waals surface area contributed by atoms with Crippen LogP contribution in [0.1, 0.15) is 35.3 Å². The number of amides is 1. The smallest absolute Gasteiger partial charge is 0.248 e. The van der Waals surface area contributed by atoms with Crippen molar-refractivity contribution in [3.63, 3.8) is 0 Å². The fourth-order valence-electron chi connectivity index (χ4n) is 1.75. The summed E-state index contributed by atoms with van der Waals surface area (Å²) in [4.78, 5) is 11.0. The number of rotatable bonds is 1. The van der Waals surface area contributed by atoms with E-state index in [-0.39, 0.29) is 5.60 Å². The monoisotopic (exact) mass is 191 g/mol. The van der Waals surface area contributed by atoms with E-state index in [9.17, 15) is 4.79 Å². The molecule has 2 rings (SSSR count). The molecular formula is C11H13NO2. The molecule has 1 aromatic carbocycles. The fourth-order valence-corrected chi connectivity index (χ4v) is 1.75. The minimum atomic E-state index is -0.393. The molecule has 1 aliphatic rings. The van der Waals surface area contributed by atoms with Crippen LogP contribution in [0, 0.1) is 0 Å². The molecule has 14 heavy (non-hydrogen) atoms. The second-order valence-corrected chi connectivity index (χ2v) is 4.04. The van der Waals surface area contributed by atoms with Gasteiger partial charge in [0, 0.05) is 5.56 Å². The summed E-state index contributed by atoms with van der Waals surface area (Å²) >= 11 is 0. The Morgan fingerprint density at radius 2 is 2.21 bits per heavy atom. The molecule has 0 unspecified atom stereocenters. The lowest BCUT2D eigenvalue weighted by Crippen LogP contribution is -2.17. The van der Waals surface area contributed by atoms with Crippen LogP contribution in [0.4, 0.5) is 0 Å². The van der Waals surface area contributed by atoms with Crippen molar-refractivity contribution in [2.24, 2.45) is 5.73 Å². The van der Waals surface area contributed by atoms with E-state index in [1.165, 1.54) is 0 Å². The lowest BCUT2D eigenvalue weighted by molar-refractivity contribution is -0.00790. The SMILES string of the molecule is CC1(C)OCc2ccc(C(N)=O)cc21. The zero-order chi connectivity index (χ0) is 10.3. The van der Waals surface area contributed by atoms with Gasteiger partial charge in [-0.15, -0.1) is 0 Å². The Kier molecular flexibility index (Phi) is 1.86. The first-order valence-corrected chi connectivity index (χ1v) is 4.58. The summed E-state index contributed by atoms with van der Waals surface area (Å²) in [5.41, 5.74) is 7.66. The van der Waals surface area contributed by atoms with Crippen molar-refractivity contribution in [2.45, 2.75) is 26.1 Å². The highest BCUT2D eigenvalue weighted by atomic mass is 16.5. The van der Waals surface area contributed by atoms with E-state index in [0.717, 1.165) is 11.1 Å². The van der Waals surface area contributed by atoms with Crippen LogP contribution in [-0.4, -0.2) is 5.91 Å². The van der Waals surface area contributed by atoms with Gasteiger partial charge in [-0.3, -0.25) is 4.79 Å². The number of carbonyl (C=O) groups excluding carboxylic acids is 1. The second-order valence-electron chi connectivity index (χ2n) is 4.04. The first-order chi connectivity index (χ1) is 6.50. The van der Waals surface area contributed by atoms with Crippen LogP contribution in [0.15, 0.2) is 18.2 Å². The molecule has 0 aliphatic carbocycles. The van der Waals surface area contributed by atoms with Crippen LogP contribution in [-0.2, 0) is 16.9 Å². The zero-order valence-corrected chi connectivity index (χ0v) is 8.33. The van der Waals surface area contributed by atoms with E-state index < -0.39 is 5.91 Å². The maximum absolute atomic E-state index is 11.0. The molecule has 1 aliphatic heterocycles. The summed E-state index contributed by atoms with van der Waals surface area (Å²) in [6, 6.07) is 5.47.